The van der Waals surface area contributed by atoms with Crippen LogP contribution in [0.4, 0.5) is 8.78 Å². The smallest absolute Gasteiger partial charge is 0.142 e. The highest BCUT2D eigenvalue weighted by Gasteiger charge is 2.21. The molecule has 1 aromatic heterocycles. The van der Waals surface area contributed by atoms with Crippen molar-refractivity contribution in [1.82, 2.24) is 0 Å². The predicted molar refractivity (Wildman–Crippen MR) is 78.8 cm³/mol. The van der Waals surface area contributed by atoms with Crippen LogP contribution in [0.3, 0.4) is 0 Å². The van der Waals surface area contributed by atoms with Crippen LogP contribution in [0.15, 0.2) is 25.8 Å². The van der Waals surface area contributed by atoms with Crippen molar-refractivity contribution in [3.8, 4) is 0 Å². The molecule has 18 heavy (non-hydrogen) atoms. The minimum absolute atomic E-state index is 0.0598. The highest BCUT2D eigenvalue weighted by Crippen LogP contribution is 2.42. The molecule has 2 rings (SSSR count). The Hall–Kier alpha value is 0.320. The highest BCUT2D eigenvalue weighted by atomic mass is 79.9. The van der Waals surface area contributed by atoms with Crippen molar-refractivity contribution in [2.45, 2.75) is 5.38 Å². The summed E-state index contributed by atoms with van der Waals surface area (Å²) in [5, 5.41) is -1.04. The van der Waals surface area contributed by atoms with Crippen LogP contribution in [-0.4, -0.2) is 0 Å². The normalized spacial score (nSPS) is 12.8. The summed E-state index contributed by atoms with van der Waals surface area (Å²) in [6.07, 6.45) is 0. The van der Waals surface area contributed by atoms with Crippen molar-refractivity contribution in [2.24, 2.45) is 0 Å². The van der Waals surface area contributed by atoms with Crippen LogP contribution >= 0.6 is 66.4 Å². The van der Waals surface area contributed by atoms with Crippen molar-refractivity contribution < 1.29 is 8.78 Å². The van der Waals surface area contributed by atoms with Crippen LogP contribution in [0.25, 0.3) is 0 Å². The number of rotatable bonds is 2. The Bertz CT molecular complexity index is 601. The molecule has 0 radical (unpaired) electrons. The van der Waals surface area contributed by atoms with E-state index in [4.69, 9.17) is 23.2 Å². The van der Waals surface area contributed by atoms with Gasteiger partial charge in [0.05, 0.1) is 18.0 Å². The second-order valence-corrected chi connectivity index (χ2v) is 8.02. The average Bonchev–Trinajstić information content (AvgIpc) is 2.62. The van der Waals surface area contributed by atoms with Gasteiger partial charge in [0.15, 0.2) is 0 Å². The largest absolute Gasteiger partial charge is 0.207 e. The highest BCUT2D eigenvalue weighted by molar-refractivity contribution is 9.12. The third-order valence-electron chi connectivity index (χ3n) is 2.27. The Morgan fingerprint density at radius 1 is 1.06 bits per heavy atom. The Kier molecular flexibility index (Phi) is 4.70. The topological polar surface area (TPSA) is 0 Å². The molecule has 1 unspecified atom stereocenters. The van der Waals surface area contributed by atoms with E-state index in [0.717, 1.165) is 19.7 Å². The van der Waals surface area contributed by atoms with Crippen molar-refractivity contribution in [2.75, 3.05) is 0 Å². The molecule has 1 atom stereocenters. The van der Waals surface area contributed by atoms with Crippen molar-refractivity contribution in [1.29, 1.82) is 0 Å². The van der Waals surface area contributed by atoms with Gasteiger partial charge in [0.1, 0.15) is 11.6 Å². The maximum Gasteiger partial charge on any atom is 0.142 e. The molecular weight excluding hydrogens is 433 g/mol. The van der Waals surface area contributed by atoms with E-state index < -0.39 is 17.0 Å². The Morgan fingerprint density at radius 2 is 1.72 bits per heavy atom. The van der Waals surface area contributed by atoms with E-state index in [1.54, 1.807) is 6.07 Å². The molecule has 1 aromatic carbocycles. The molecule has 0 N–H and O–H groups in total. The number of hydrogen-bond donors (Lipinski definition) is 0. The molecule has 0 nitrogen and oxygen atoms in total. The summed E-state index contributed by atoms with van der Waals surface area (Å²) in [5.74, 6) is -1.32. The second-order valence-electron chi connectivity index (χ2n) is 3.43. The van der Waals surface area contributed by atoms with Gasteiger partial charge in [-0.15, -0.1) is 22.9 Å². The van der Waals surface area contributed by atoms with Gasteiger partial charge in [-0.1, -0.05) is 11.6 Å². The first-order valence-corrected chi connectivity index (χ1v) is 7.85. The number of alkyl halides is 1. The Balaban J connectivity index is 2.49. The van der Waals surface area contributed by atoms with E-state index in [0.29, 0.717) is 5.56 Å². The van der Waals surface area contributed by atoms with E-state index in [-0.39, 0.29) is 10.6 Å². The second kappa shape index (κ2) is 5.75. The predicted octanol–water partition coefficient (Wildman–Crippen LogP) is 6.53. The van der Waals surface area contributed by atoms with Gasteiger partial charge in [-0.25, -0.2) is 8.78 Å². The SMILES string of the molecule is Fc1cc(C(Cl)c2cc(Br)sc2Br)c(F)cc1Cl. The molecule has 1 heterocycles. The number of halogens is 6. The number of benzene rings is 1. The third kappa shape index (κ3) is 2.90. The average molecular weight is 437 g/mol. The summed E-state index contributed by atoms with van der Waals surface area (Å²) in [6.45, 7) is 0. The number of thiophene rings is 1. The van der Waals surface area contributed by atoms with Gasteiger partial charge in [0.25, 0.3) is 0 Å². The quantitative estimate of drug-likeness (QED) is 0.370. The molecule has 0 saturated carbocycles. The molecule has 0 saturated heterocycles. The van der Waals surface area contributed by atoms with Gasteiger partial charge in [0, 0.05) is 11.1 Å². The summed E-state index contributed by atoms with van der Waals surface area (Å²) in [6, 6.07) is 3.71. The summed E-state index contributed by atoms with van der Waals surface area (Å²) >= 11 is 19.7. The lowest BCUT2D eigenvalue weighted by atomic mass is 10.1. The minimum Gasteiger partial charge on any atom is -0.207 e. The van der Waals surface area contributed by atoms with Crippen LogP contribution in [-0.2, 0) is 0 Å². The molecule has 0 fully saturated rings. The van der Waals surface area contributed by atoms with Crippen LogP contribution in [0.5, 0.6) is 0 Å². The molecule has 96 valence electrons. The first kappa shape index (κ1) is 14.7. The maximum absolute atomic E-state index is 13.7. The van der Waals surface area contributed by atoms with Gasteiger partial charge < -0.3 is 0 Å². The number of hydrogen-bond acceptors (Lipinski definition) is 1. The third-order valence-corrected chi connectivity index (χ3v) is 5.41. The van der Waals surface area contributed by atoms with Crippen LogP contribution in [0.2, 0.25) is 5.02 Å². The molecule has 0 aliphatic carbocycles. The lowest BCUT2D eigenvalue weighted by molar-refractivity contribution is 0.587. The molecule has 0 amide bonds. The van der Waals surface area contributed by atoms with Crippen LogP contribution < -0.4 is 0 Å². The van der Waals surface area contributed by atoms with E-state index in [1.807, 2.05) is 0 Å². The molecule has 2 aromatic rings. The minimum atomic E-state index is -0.784. The van der Waals surface area contributed by atoms with E-state index in [1.165, 1.54) is 11.3 Å². The first-order valence-electron chi connectivity index (χ1n) is 4.63. The lowest BCUT2D eigenvalue weighted by Crippen LogP contribution is -1.98. The zero-order valence-electron chi connectivity index (χ0n) is 8.49. The zero-order valence-corrected chi connectivity index (χ0v) is 14.0. The van der Waals surface area contributed by atoms with Gasteiger partial charge >= 0.3 is 0 Å². The molecule has 0 aliphatic rings. The van der Waals surface area contributed by atoms with E-state index >= 15 is 0 Å². The fourth-order valence-electron chi connectivity index (χ4n) is 1.43. The van der Waals surface area contributed by atoms with Gasteiger partial charge in [0.2, 0.25) is 0 Å². The van der Waals surface area contributed by atoms with Crippen molar-refractivity contribution in [3.63, 3.8) is 0 Å². The Labute approximate surface area is 133 Å². The monoisotopic (exact) mass is 434 g/mol. The fourth-order valence-corrected chi connectivity index (χ4v) is 5.01. The molecule has 0 bridgehead atoms. The summed E-state index contributed by atoms with van der Waals surface area (Å²) in [5.41, 5.74) is 0.735. The zero-order chi connectivity index (χ0) is 13.4. The van der Waals surface area contributed by atoms with Gasteiger partial charge in [-0.3, -0.25) is 0 Å². The van der Waals surface area contributed by atoms with E-state index in [2.05, 4.69) is 31.9 Å². The van der Waals surface area contributed by atoms with Crippen molar-refractivity contribution in [3.05, 3.63) is 53.6 Å². The van der Waals surface area contributed by atoms with E-state index in [9.17, 15) is 8.78 Å². The molecule has 7 heteroatoms. The summed E-state index contributed by atoms with van der Waals surface area (Å²) in [4.78, 5) is 0. The van der Waals surface area contributed by atoms with Gasteiger partial charge in [-0.2, -0.15) is 0 Å². The molecule has 0 aliphatic heterocycles. The maximum atomic E-state index is 13.7. The standard InChI is InChI=1S/C11H4Br2Cl2F2S/c12-9-2-5(11(13)18-9)10(15)4-1-8(17)6(14)3-7(4)16/h1-3,10H. The first-order chi connectivity index (χ1) is 8.40. The Morgan fingerprint density at radius 3 is 2.28 bits per heavy atom. The van der Waals surface area contributed by atoms with Gasteiger partial charge in [-0.05, 0) is 50.1 Å². The summed E-state index contributed by atoms with van der Waals surface area (Å²) in [7, 11) is 0. The molecular formula is C11H4Br2Cl2F2S. The van der Waals surface area contributed by atoms with Crippen LogP contribution in [0.1, 0.15) is 16.5 Å². The molecule has 0 spiro atoms. The lowest BCUT2D eigenvalue weighted by Gasteiger charge is -2.11. The summed E-state index contributed by atoms with van der Waals surface area (Å²) < 4.78 is 28.7. The van der Waals surface area contributed by atoms with Crippen LogP contribution in [0, 0.1) is 11.6 Å². The fraction of sp³-hybridized carbons (Fsp3) is 0.0909. The van der Waals surface area contributed by atoms with Crippen molar-refractivity contribution >= 4 is 66.4 Å².